The monoisotopic (exact) mass is 296 g/mol. The number of anilines is 2. The van der Waals surface area contributed by atoms with Crippen molar-refractivity contribution in [2.45, 2.75) is 33.2 Å². The van der Waals surface area contributed by atoms with Gasteiger partial charge in [0.1, 0.15) is 0 Å². The Bertz CT molecular complexity index is 438. The highest BCUT2D eigenvalue weighted by atomic mass is 32.2. The van der Waals surface area contributed by atoms with Crippen LogP contribution >= 0.6 is 11.8 Å². The SMILES string of the molecule is CCOC(=O)c1cccc(N)c1NC(C)CCSCC. The minimum atomic E-state index is -0.336. The molecule has 1 aromatic carbocycles. The molecular weight excluding hydrogens is 272 g/mol. The maximum atomic E-state index is 11.9. The van der Waals surface area contributed by atoms with Crippen molar-refractivity contribution in [1.29, 1.82) is 0 Å². The molecular formula is C15H24N2O2S. The lowest BCUT2D eigenvalue weighted by atomic mass is 10.1. The summed E-state index contributed by atoms with van der Waals surface area (Å²) < 4.78 is 5.07. The molecule has 1 atom stereocenters. The summed E-state index contributed by atoms with van der Waals surface area (Å²) in [5.41, 5.74) is 7.74. The fraction of sp³-hybridized carbons (Fsp3) is 0.533. The molecule has 0 aliphatic rings. The fourth-order valence-electron chi connectivity index (χ4n) is 1.83. The first-order valence-corrected chi connectivity index (χ1v) is 8.15. The zero-order valence-electron chi connectivity index (χ0n) is 12.4. The molecule has 0 fully saturated rings. The van der Waals surface area contributed by atoms with Gasteiger partial charge in [-0.25, -0.2) is 4.79 Å². The first kappa shape index (κ1) is 16.7. The van der Waals surface area contributed by atoms with E-state index in [9.17, 15) is 4.79 Å². The molecule has 0 aliphatic heterocycles. The second-order valence-electron chi connectivity index (χ2n) is 4.52. The van der Waals surface area contributed by atoms with Gasteiger partial charge in [0, 0.05) is 6.04 Å². The highest BCUT2D eigenvalue weighted by Gasteiger charge is 2.16. The smallest absolute Gasteiger partial charge is 0.340 e. The van der Waals surface area contributed by atoms with Crippen molar-refractivity contribution >= 4 is 29.1 Å². The Hall–Kier alpha value is -1.36. The van der Waals surface area contributed by atoms with Crippen LogP contribution in [0.2, 0.25) is 0 Å². The lowest BCUT2D eigenvalue weighted by Crippen LogP contribution is -2.20. The third kappa shape index (κ3) is 4.96. The number of nitrogens with one attached hydrogen (secondary N) is 1. The summed E-state index contributed by atoms with van der Waals surface area (Å²) in [7, 11) is 0. The van der Waals surface area contributed by atoms with Crippen molar-refractivity contribution < 1.29 is 9.53 Å². The zero-order chi connectivity index (χ0) is 15.0. The number of nitrogens with two attached hydrogens (primary N) is 1. The molecule has 0 aliphatic carbocycles. The van der Waals surface area contributed by atoms with Crippen LogP contribution in [0.5, 0.6) is 0 Å². The van der Waals surface area contributed by atoms with Gasteiger partial charge in [0.15, 0.2) is 0 Å². The van der Waals surface area contributed by atoms with Crippen LogP contribution in [0.1, 0.15) is 37.6 Å². The van der Waals surface area contributed by atoms with Gasteiger partial charge in [0.25, 0.3) is 0 Å². The van der Waals surface area contributed by atoms with Crippen LogP contribution in [-0.2, 0) is 4.74 Å². The number of carbonyl (C=O) groups is 1. The molecule has 1 aromatic rings. The van der Waals surface area contributed by atoms with Gasteiger partial charge in [-0.1, -0.05) is 13.0 Å². The molecule has 1 rings (SSSR count). The van der Waals surface area contributed by atoms with Gasteiger partial charge >= 0.3 is 5.97 Å². The molecule has 0 bridgehead atoms. The first-order chi connectivity index (χ1) is 9.60. The summed E-state index contributed by atoms with van der Waals surface area (Å²) in [6.45, 7) is 6.39. The summed E-state index contributed by atoms with van der Waals surface area (Å²) >= 11 is 1.91. The Morgan fingerprint density at radius 2 is 2.20 bits per heavy atom. The van der Waals surface area contributed by atoms with Crippen molar-refractivity contribution in [2.75, 3.05) is 29.2 Å². The van der Waals surface area contributed by atoms with Crippen molar-refractivity contribution in [3.8, 4) is 0 Å². The molecule has 0 spiro atoms. The van der Waals surface area contributed by atoms with E-state index < -0.39 is 0 Å². The molecule has 1 unspecified atom stereocenters. The maximum absolute atomic E-state index is 11.9. The third-order valence-corrected chi connectivity index (χ3v) is 3.81. The van der Waals surface area contributed by atoms with Crippen LogP contribution in [0.4, 0.5) is 11.4 Å². The van der Waals surface area contributed by atoms with Crippen molar-refractivity contribution in [1.82, 2.24) is 0 Å². The van der Waals surface area contributed by atoms with E-state index in [2.05, 4.69) is 19.2 Å². The normalized spacial score (nSPS) is 11.9. The highest BCUT2D eigenvalue weighted by Crippen LogP contribution is 2.25. The number of carbonyl (C=O) groups excluding carboxylic acids is 1. The average molecular weight is 296 g/mol. The van der Waals surface area contributed by atoms with Gasteiger partial charge in [-0.05, 0) is 43.9 Å². The average Bonchev–Trinajstić information content (AvgIpc) is 2.41. The second-order valence-corrected chi connectivity index (χ2v) is 5.92. The van der Waals surface area contributed by atoms with Crippen LogP contribution in [-0.4, -0.2) is 30.1 Å². The standard InChI is InChI=1S/C15H24N2O2S/c1-4-19-15(18)12-7-6-8-13(16)14(12)17-11(3)9-10-20-5-2/h6-8,11,17H,4-5,9-10,16H2,1-3H3. The van der Waals surface area contributed by atoms with Crippen LogP contribution < -0.4 is 11.1 Å². The van der Waals surface area contributed by atoms with Gasteiger partial charge in [0.05, 0.1) is 23.5 Å². The molecule has 0 saturated heterocycles. The number of thioether (sulfide) groups is 1. The first-order valence-electron chi connectivity index (χ1n) is 7.00. The van der Waals surface area contributed by atoms with E-state index in [0.717, 1.165) is 17.9 Å². The molecule has 0 amide bonds. The zero-order valence-corrected chi connectivity index (χ0v) is 13.3. The highest BCUT2D eigenvalue weighted by molar-refractivity contribution is 7.99. The molecule has 0 aromatic heterocycles. The summed E-state index contributed by atoms with van der Waals surface area (Å²) in [6.07, 6.45) is 1.02. The lowest BCUT2D eigenvalue weighted by Gasteiger charge is -2.19. The van der Waals surface area contributed by atoms with Crippen LogP contribution in [0.3, 0.4) is 0 Å². The van der Waals surface area contributed by atoms with Gasteiger partial charge < -0.3 is 15.8 Å². The fourth-order valence-corrected chi connectivity index (χ4v) is 2.64. The quantitative estimate of drug-likeness (QED) is 0.437. The van der Waals surface area contributed by atoms with Crippen LogP contribution in [0.25, 0.3) is 0 Å². The van der Waals surface area contributed by atoms with Gasteiger partial charge in [-0.15, -0.1) is 0 Å². The molecule has 0 radical (unpaired) electrons. The van der Waals surface area contributed by atoms with Crippen molar-refractivity contribution in [3.05, 3.63) is 23.8 Å². The number of para-hydroxylation sites is 1. The van der Waals surface area contributed by atoms with Gasteiger partial charge in [-0.2, -0.15) is 11.8 Å². The van der Waals surface area contributed by atoms with Crippen LogP contribution in [0, 0.1) is 0 Å². The van der Waals surface area contributed by atoms with E-state index in [1.54, 1.807) is 25.1 Å². The minimum absolute atomic E-state index is 0.256. The Labute approximate surface area is 125 Å². The number of rotatable bonds is 8. The van der Waals surface area contributed by atoms with E-state index in [4.69, 9.17) is 10.5 Å². The molecule has 3 N–H and O–H groups in total. The number of ether oxygens (including phenoxy) is 1. The molecule has 20 heavy (non-hydrogen) atoms. The van der Waals surface area contributed by atoms with E-state index in [-0.39, 0.29) is 12.0 Å². The largest absolute Gasteiger partial charge is 0.462 e. The third-order valence-electron chi connectivity index (χ3n) is 2.88. The van der Waals surface area contributed by atoms with Crippen LogP contribution in [0.15, 0.2) is 18.2 Å². The lowest BCUT2D eigenvalue weighted by molar-refractivity contribution is 0.0527. The van der Waals surface area contributed by atoms with E-state index in [1.807, 2.05) is 11.8 Å². The molecule has 4 nitrogen and oxygen atoms in total. The number of nitrogen functional groups attached to an aromatic ring is 1. The summed E-state index contributed by atoms with van der Waals surface area (Å²) in [5, 5.41) is 3.34. The Morgan fingerprint density at radius 3 is 2.85 bits per heavy atom. The Morgan fingerprint density at radius 1 is 1.45 bits per heavy atom. The summed E-state index contributed by atoms with van der Waals surface area (Å²) in [6, 6.07) is 5.56. The number of esters is 1. The molecule has 5 heteroatoms. The number of hydrogen-bond donors (Lipinski definition) is 2. The summed E-state index contributed by atoms with van der Waals surface area (Å²) in [5.74, 6) is 1.87. The Balaban J connectivity index is 2.79. The maximum Gasteiger partial charge on any atom is 0.340 e. The minimum Gasteiger partial charge on any atom is -0.462 e. The van der Waals surface area contributed by atoms with Crippen molar-refractivity contribution in [3.63, 3.8) is 0 Å². The second kappa shape index (κ2) is 8.74. The van der Waals surface area contributed by atoms with E-state index in [0.29, 0.717) is 23.5 Å². The predicted octanol–water partition coefficient (Wildman–Crippen LogP) is 3.39. The molecule has 0 saturated carbocycles. The van der Waals surface area contributed by atoms with Crippen molar-refractivity contribution in [2.24, 2.45) is 0 Å². The Kier molecular flexibility index (Phi) is 7.30. The molecule has 112 valence electrons. The number of benzene rings is 1. The predicted molar refractivity (Wildman–Crippen MR) is 87.5 cm³/mol. The number of hydrogen-bond acceptors (Lipinski definition) is 5. The van der Waals surface area contributed by atoms with Gasteiger partial charge in [0.2, 0.25) is 0 Å². The molecule has 0 heterocycles. The van der Waals surface area contributed by atoms with Gasteiger partial charge in [-0.3, -0.25) is 0 Å². The van der Waals surface area contributed by atoms with E-state index in [1.165, 1.54) is 0 Å². The summed E-state index contributed by atoms with van der Waals surface area (Å²) in [4.78, 5) is 11.9. The topological polar surface area (TPSA) is 64.3 Å². The van der Waals surface area contributed by atoms with E-state index >= 15 is 0 Å².